The highest BCUT2D eigenvalue weighted by Crippen LogP contribution is 2.24. The maximum atomic E-state index is 13.0. The molecular formula is C22H21N5O2. The molecule has 1 amide bonds. The fourth-order valence-electron chi connectivity index (χ4n) is 3.95. The summed E-state index contributed by atoms with van der Waals surface area (Å²) in [6.07, 6.45) is 2.04. The Morgan fingerprint density at radius 2 is 1.86 bits per heavy atom. The fourth-order valence-corrected chi connectivity index (χ4v) is 3.95. The van der Waals surface area contributed by atoms with Gasteiger partial charge in [-0.15, -0.1) is 0 Å². The first-order valence-corrected chi connectivity index (χ1v) is 9.87. The van der Waals surface area contributed by atoms with E-state index in [1.807, 2.05) is 35.2 Å². The molecule has 1 N–H and O–H groups in total. The van der Waals surface area contributed by atoms with Crippen LogP contribution in [0.15, 0.2) is 53.3 Å². The number of nitrogens with one attached hydrogen (secondary N) is 1. The Morgan fingerprint density at radius 1 is 1.10 bits per heavy atom. The lowest BCUT2D eigenvalue weighted by Gasteiger charge is -2.30. The number of hydrogen-bond acceptors (Lipinski definition) is 4. The van der Waals surface area contributed by atoms with Crippen molar-refractivity contribution in [1.29, 1.82) is 0 Å². The van der Waals surface area contributed by atoms with Crippen LogP contribution in [0.25, 0.3) is 27.8 Å². The van der Waals surface area contributed by atoms with Gasteiger partial charge in [0.05, 0.1) is 10.9 Å². The number of piperidine rings is 1. The lowest BCUT2D eigenvalue weighted by molar-refractivity contribution is 0.0697. The van der Waals surface area contributed by atoms with Gasteiger partial charge in [-0.05, 0) is 37.0 Å². The Labute approximate surface area is 167 Å². The topological polar surface area (TPSA) is 83.4 Å². The average Bonchev–Trinajstić information content (AvgIpc) is 3.18. The number of aromatic amines is 1. The van der Waals surface area contributed by atoms with E-state index in [9.17, 15) is 9.59 Å². The van der Waals surface area contributed by atoms with Crippen LogP contribution in [0.5, 0.6) is 0 Å². The molecule has 4 aromatic rings. The summed E-state index contributed by atoms with van der Waals surface area (Å²) >= 11 is 0. The first-order valence-electron chi connectivity index (χ1n) is 9.87. The molecule has 0 atom stereocenters. The molecule has 0 radical (unpaired) electrons. The van der Waals surface area contributed by atoms with E-state index in [0.29, 0.717) is 33.7 Å². The highest BCUT2D eigenvalue weighted by atomic mass is 16.2. The van der Waals surface area contributed by atoms with Crippen molar-refractivity contribution < 1.29 is 4.79 Å². The average molecular weight is 387 g/mol. The van der Waals surface area contributed by atoms with Crippen molar-refractivity contribution in [1.82, 2.24) is 24.7 Å². The van der Waals surface area contributed by atoms with Crippen LogP contribution in [0, 0.1) is 5.92 Å². The smallest absolute Gasteiger partial charge is 0.281 e. The molecule has 7 heteroatoms. The minimum Gasteiger partial charge on any atom is -0.339 e. The summed E-state index contributed by atoms with van der Waals surface area (Å²) in [6, 6.07) is 14.7. The van der Waals surface area contributed by atoms with Crippen molar-refractivity contribution in [3.8, 4) is 11.3 Å². The van der Waals surface area contributed by atoms with E-state index in [2.05, 4.69) is 22.2 Å². The summed E-state index contributed by atoms with van der Waals surface area (Å²) in [5, 5.41) is 7.77. The lowest BCUT2D eigenvalue weighted by atomic mass is 9.98. The van der Waals surface area contributed by atoms with E-state index in [1.165, 1.54) is 0 Å². The largest absolute Gasteiger partial charge is 0.339 e. The van der Waals surface area contributed by atoms with Gasteiger partial charge in [0.2, 0.25) is 0 Å². The highest BCUT2D eigenvalue weighted by molar-refractivity contribution is 5.98. The molecule has 0 spiro atoms. The van der Waals surface area contributed by atoms with E-state index >= 15 is 0 Å². The predicted octanol–water partition coefficient (Wildman–Crippen LogP) is 3.11. The quantitative estimate of drug-likeness (QED) is 0.573. The number of rotatable bonds is 2. The first-order chi connectivity index (χ1) is 14.1. The Hall–Kier alpha value is -3.48. The van der Waals surface area contributed by atoms with Crippen LogP contribution in [0.1, 0.15) is 30.1 Å². The number of carbonyl (C=O) groups is 1. The molecule has 2 aromatic heterocycles. The highest BCUT2D eigenvalue weighted by Gasteiger charge is 2.22. The zero-order valence-electron chi connectivity index (χ0n) is 16.1. The van der Waals surface area contributed by atoms with Crippen LogP contribution in [0.2, 0.25) is 0 Å². The third-order valence-electron chi connectivity index (χ3n) is 5.73. The van der Waals surface area contributed by atoms with Crippen LogP contribution in [-0.4, -0.2) is 43.7 Å². The molecule has 1 fully saturated rings. The Morgan fingerprint density at radius 3 is 2.62 bits per heavy atom. The first kappa shape index (κ1) is 17.6. The number of likely N-dealkylation sites (tertiary alicyclic amines) is 1. The van der Waals surface area contributed by atoms with Crippen LogP contribution in [-0.2, 0) is 0 Å². The third-order valence-corrected chi connectivity index (χ3v) is 5.73. The van der Waals surface area contributed by atoms with Crippen LogP contribution in [0.3, 0.4) is 0 Å². The molecule has 1 aliphatic rings. The summed E-state index contributed by atoms with van der Waals surface area (Å²) < 4.78 is 1.67. The van der Waals surface area contributed by atoms with Crippen LogP contribution >= 0.6 is 0 Å². The number of amides is 1. The summed E-state index contributed by atoms with van der Waals surface area (Å²) in [6.45, 7) is 3.76. The van der Waals surface area contributed by atoms with Crippen molar-refractivity contribution in [2.45, 2.75) is 19.8 Å². The summed E-state index contributed by atoms with van der Waals surface area (Å²) in [4.78, 5) is 31.8. The van der Waals surface area contributed by atoms with E-state index < -0.39 is 0 Å². The lowest BCUT2D eigenvalue weighted by Crippen LogP contribution is -2.37. The predicted molar refractivity (Wildman–Crippen MR) is 111 cm³/mol. The van der Waals surface area contributed by atoms with Crippen molar-refractivity contribution >= 4 is 22.5 Å². The zero-order chi connectivity index (χ0) is 20.0. The molecule has 1 saturated heterocycles. The molecule has 0 aliphatic carbocycles. The fraction of sp³-hybridized carbons (Fsp3) is 0.273. The van der Waals surface area contributed by atoms with Gasteiger partial charge in [0, 0.05) is 24.2 Å². The Kier molecular flexibility index (Phi) is 4.16. The van der Waals surface area contributed by atoms with Crippen molar-refractivity contribution in [2.75, 3.05) is 13.1 Å². The Bertz CT molecular complexity index is 1270. The molecule has 29 heavy (non-hydrogen) atoms. The van der Waals surface area contributed by atoms with Gasteiger partial charge in [-0.1, -0.05) is 37.3 Å². The second-order valence-corrected chi connectivity index (χ2v) is 7.71. The van der Waals surface area contributed by atoms with Gasteiger partial charge < -0.3 is 4.90 Å². The van der Waals surface area contributed by atoms with Crippen molar-refractivity contribution in [3.63, 3.8) is 0 Å². The van der Waals surface area contributed by atoms with E-state index in [1.54, 1.807) is 22.7 Å². The molecule has 1 aliphatic heterocycles. The van der Waals surface area contributed by atoms with Crippen molar-refractivity contribution in [3.05, 3.63) is 64.4 Å². The molecule has 5 rings (SSSR count). The van der Waals surface area contributed by atoms with Gasteiger partial charge in [0.1, 0.15) is 5.69 Å². The summed E-state index contributed by atoms with van der Waals surface area (Å²) in [5.74, 6) is 0.654. The maximum Gasteiger partial charge on any atom is 0.281 e. The molecule has 7 nitrogen and oxygen atoms in total. The van der Waals surface area contributed by atoms with Gasteiger partial charge in [0.25, 0.3) is 11.5 Å². The van der Waals surface area contributed by atoms with Gasteiger partial charge in [0.15, 0.2) is 5.65 Å². The standard InChI is InChI=1S/C22H21N5O2/c1-14-9-11-26(12-10-14)22(29)16-7-8-17-18(13-16)27-20(23-21(17)28)19(24-25-27)15-5-3-2-4-6-15/h2-8,13-14,25H,9-12H2,1H3. The van der Waals surface area contributed by atoms with E-state index in [4.69, 9.17) is 0 Å². The van der Waals surface area contributed by atoms with E-state index in [-0.39, 0.29) is 11.5 Å². The number of hydrogen-bond donors (Lipinski definition) is 1. The zero-order valence-corrected chi connectivity index (χ0v) is 16.1. The van der Waals surface area contributed by atoms with Crippen LogP contribution in [0.4, 0.5) is 0 Å². The van der Waals surface area contributed by atoms with E-state index in [0.717, 1.165) is 31.5 Å². The molecule has 3 heterocycles. The second kappa shape index (κ2) is 6.84. The van der Waals surface area contributed by atoms with Crippen LogP contribution < -0.4 is 5.56 Å². The monoisotopic (exact) mass is 387 g/mol. The Balaban J connectivity index is 1.63. The number of nitrogens with zero attached hydrogens (tertiary/aromatic N) is 4. The van der Waals surface area contributed by atoms with Gasteiger partial charge >= 0.3 is 0 Å². The summed E-state index contributed by atoms with van der Waals surface area (Å²) in [5.41, 5.74) is 2.77. The number of H-pyrrole nitrogens is 1. The van der Waals surface area contributed by atoms with Gasteiger partial charge in [-0.25, -0.2) is 9.73 Å². The van der Waals surface area contributed by atoms with Gasteiger partial charge in [-0.2, -0.15) is 10.1 Å². The SMILES string of the molecule is CC1CCN(C(=O)c2ccc3c(=O)nc4c(-c5ccccc5)n[nH]n4c3c2)CC1. The molecule has 0 saturated carbocycles. The van der Waals surface area contributed by atoms with Crippen molar-refractivity contribution in [2.24, 2.45) is 5.92 Å². The number of fused-ring (bicyclic) bond motifs is 3. The minimum absolute atomic E-state index is 0.000362. The maximum absolute atomic E-state index is 13.0. The second-order valence-electron chi connectivity index (χ2n) is 7.71. The molecular weight excluding hydrogens is 366 g/mol. The molecule has 0 bridgehead atoms. The normalized spacial score (nSPS) is 15.3. The molecule has 2 aromatic carbocycles. The summed E-state index contributed by atoms with van der Waals surface area (Å²) in [7, 11) is 0. The number of carbonyl (C=O) groups excluding carboxylic acids is 1. The molecule has 146 valence electrons. The number of aromatic nitrogens is 4. The molecule has 0 unspecified atom stereocenters. The van der Waals surface area contributed by atoms with Gasteiger partial charge in [-0.3, -0.25) is 9.59 Å². The minimum atomic E-state index is -0.329. The third kappa shape index (κ3) is 2.99. The number of benzene rings is 2.